The maximum atomic E-state index is 9.43. The molecule has 6 heteroatoms. The number of hydrogen-bond donors (Lipinski definition) is 6. The summed E-state index contributed by atoms with van der Waals surface area (Å²) in [7, 11) is 0. The summed E-state index contributed by atoms with van der Waals surface area (Å²) in [6.07, 6.45) is -3.26. The fraction of sp³-hybridized carbons (Fsp3) is 1.00. The standard InChI is InChI=1S/C7H17N3O3/c8-1-3-5(11)7(13)6(12)4(2-9)10-3/h3-7,10-13H,1-2,8-9H2/t3-,4-,5-,6+,7-/m1/s1. The van der Waals surface area contributed by atoms with E-state index in [0.717, 1.165) is 0 Å². The van der Waals surface area contributed by atoms with Crippen molar-refractivity contribution in [3.8, 4) is 0 Å². The number of rotatable bonds is 2. The quantitative estimate of drug-likeness (QED) is 0.267. The summed E-state index contributed by atoms with van der Waals surface area (Å²) in [5.74, 6) is 0. The highest BCUT2D eigenvalue weighted by Gasteiger charge is 2.40. The van der Waals surface area contributed by atoms with Crippen LogP contribution in [0.3, 0.4) is 0 Å². The van der Waals surface area contributed by atoms with Crippen molar-refractivity contribution in [2.24, 2.45) is 11.5 Å². The van der Waals surface area contributed by atoms with E-state index in [1.165, 1.54) is 0 Å². The second kappa shape index (κ2) is 4.32. The molecule has 1 saturated heterocycles. The first kappa shape index (κ1) is 10.8. The van der Waals surface area contributed by atoms with Gasteiger partial charge in [0.25, 0.3) is 0 Å². The van der Waals surface area contributed by atoms with Gasteiger partial charge in [0.2, 0.25) is 0 Å². The van der Waals surface area contributed by atoms with Crippen molar-refractivity contribution in [2.45, 2.75) is 30.4 Å². The average molecular weight is 191 g/mol. The number of nitrogens with one attached hydrogen (secondary N) is 1. The van der Waals surface area contributed by atoms with Crippen molar-refractivity contribution in [2.75, 3.05) is 13.1 Å². The summed E-state index contributed by atoms with van der Waals surface area (Å²) in [5.41, 5.74) is 10.7. The van der Waals surface area contributed by atoms with Crippen LogP contribution in [-0.4, -0.2) is 58.8 Å². The molecule has 1 aliphatic heterocycles. The Morgan fingerprint density at radius 1 is 0.846 bits per heavy atom. The highest BCUT2D eigenvalue weighted by Crippen LogP contribution is 2.14. The van der Waals surface area contributed by atoms with E-state index >= 15 is 0 Å². The highest BCUT2D eigenvalue weighted by atomic mass is 16.4. The number of nitrogens with two attached hydrogens (primary N) is 2. The molecule has 1 fully saturated rings. The number of aliphatic hydroxyl groups excluding tert-OH is 3. The van der Waals surface area contributed by atoms with Crippen LogP contribution in [0.25, 0.3) is 0 Å². The smallest absolute Gasteiger partial charge is 0.109 e. The number of hydrogen-bond acceptors (Lipinski definition) is 6. The topological polar surface area (TPSA) is 125 Å². The van der Waals surface area contributed by atoms with E-state index in [-0.39, 0.29) is 13.1 Å². The lowest BCUT2D eigenvalue weighted by Crippen LogP contribution is -2.68. The Balaban J connectivity index is 2.66. The highest BCUT2D eigenvalue weighted by molar-refractivity contribution is 4.98. The molecular weight excluding hydrogens is 174 g/mol. The van der Waals surface area contributed by atoms with Gasteiger partial charge in [-0.1, -0.05) is 0 Å². The van der Waals surface area contributed by atoms with Crippen LogP contribution in [0.1, 0.15) is 0 Å². The fourth-order valence-corrected chi connectivity index (χ4v) is 1.57. The first-order valence-electron chi connectivity index (χ1n) is 4.32. The molecule has 0 bridgehead atoms. The second-order valence-corrected chi connectivity index (χ2v) is 3.32. The molecule has 8 N–H and O–H groups in total. The molecule has 0 aliphatic carbocycles. The molecule has 0 spiro atoms. The van der Waals surface area contributed by atoms with E-state index in [2.05, 4.69) is 5.32 Å². The summed E-state index contributed by atoms with van der Waals surface area (Å²) < 4.78 is 0. The van der Waals surface area contributed by atoms with E-state index < -0.39 is 30.4 Å². The van der Waals surface area contributed by atoms with Gasteiger partial charge < -0.3 is 32.1 Å². The van der Waals surface area contributed by atoms with Crippen LogP contribution in [-0.2, 0) is 0 Å². The van der Waals surface area contributed by atoms with Crippen LogP contribution in [0.2, 0.25) is 0 Å². The van der Waals surface area contributed by atoms with Gasteiger partial charge in [-0.2, -0.15) is 0 Å². The zero-order valence-corrected chi connectivity index (χ0v) is 7.30. The molecule has 0 aromatic rings. The first-order valence-corrected chi connectivity index (χ1v) is 4.32. The molecule has 0 saturated carbocycles. The predicted octanol–water partition coefficient (Wildman–Crippen LogP) is -3.67. The number of aliphatic hydroxyl groups is 3. The zero-order valence-electron chi connectivity index (χ0n) is 7.30. The van der Waals surface area contributed by atoms with E-state index in [0.29, 0.717) is 0 Å². The Labute approximate surface area is 76.5 Å². The Morgan fingerprint density at radius 2 is 1.23 bits per heavy atom. The Morgan fingerprint density at radius 3 is 1.54 bits per heavy atom. The van der Waals surface area contributed by atoms with Gasteiger partial charge in [0.1, 0.15) is 6.10 Å². The van der Waals surface area contributed by atoms with Crippen molar-refractivity contribution in [3.05, 3.63) is 0 Å². The molecule has 1 heterocycles. The van der Waals surface area contributed by atoms with Gasteiger partial charge in [-0.05, 0) is 0 Å². The Bertz CT molecular complexity index is 149. The Kier molecular flexibility index (Phi) is 3.60. The molecule has 0 amide bonds. The third-order valence-electron chi connectivity index (χ3n) is 2.46. The average Bonchev–Trinajstić information content (AvgIpc) is 2.15. The van der Waals surface area contributed by atoms with E-state index in [1.807, 2.05) is 0 Å². The van der Waals surface area contributed by atoms with Crippen LogP contribution in [0.4, 0.5) is 0 Å². The van der Waals surface area contributed by atoms with Crippen LogP contribution in [0.5, 0.6) is 0 Å². The van der Waals surface area contributed by atoms with Crippen molar-refractivity contribution < 1.29 is 15.3 Å². The van der Waals surface area contributed by atoms with Crippen molar-refractivity contribution in [3.63, 3.8) is 0 Å². The van der Waals surface area contributed by atoms with E-state index in [4.69, 9.17) is 11.5 Å². The van der Waals surface area contributed by atoms with Crippen LogP contribution >= 0.6 is 0 Å². The minimum absolute atomic E-state index is 0.196. The van der Waals surface area contributed by atoms with Crippen LogP contribution in [0.15, 0.2) is 0 Å². The molecule has 0 unspecified atom stereocenters. The number of piperidine rings is 1. The minimum Gasteiger partial charge on any atom is -0.389 e. The second-order valence-electron chi connectivity index (χ2n) is 3.32. The summed E-state index contributed by atoms with van der Waals surface area (Å²) in [6, 6.07) is -0.820. The SMILES string of the molecule is NC[C@H]1N[C@H](CN)[C@@H](O)[C@@H](O)[C@H]1O. The van der Waals surface area contributed by atoms with Gasteiger partial charge in [0.05, 0.1) is 12.2 Å². The fourth-order valence-electron chi connectivity index (χ4n) is 1.57. The van der Waals surface area contributed by atoms with Crippen molar-refractivity contribution >= 4 is 0 Å². The van der Waals surface area contributed by atoms with Crippen LogP contribution < -0.4 is 16.8 Å². The molecule has 78 valence electrons. The predicted molar refractivity (Wildman–Crippen MR) is 46.8 cm³/mol. The molecule has 5 atom stereocenters. The molecule has 0 aromatic heterocycles. The molecule has 0 radical (unpaired) electrons. The summed E-state index contributed by atoms with van der Waals surface area (Å²) in [6.45, 7) is 0.392. The first-order chi connectivity index (χ1) is 6.11. The molecule has 13 heavy (non-hydrogen) atoms. The van der Waals surface area contributed by atoms with Crippen molar-refractivity contribution in [1.29, 1.82) is 0 Å². The van der Waals surface area contributed by atoms with Gasteiger partial charge in [-0.15, -0.1) is 0 Å². The molecule has 0 aromatic carbocycles. The van der Waals surface area contributed by atoms with Crippen LogP contribution in [0, 0.1) is 0 Å². The summed E-state index contributed by atoms with van der Waals surface area (Å²) in [4.78, 5) is 0. The van der Waals surface area contributed by atoms with Gasteiger partial charge in [-0.25, -0.2) is 0 Å². The molecule has 1 aliphatic rings. The lowest BCUT2D eigenvalue weighted by Gasteiger charge is -2.40. The normalized spacial score (nSPS) is 46.4. The van der Waals surface area contributed by atoms with Gasteiger partial charge in [-0.3, -0.25) is 0 Å². The van der Waals surface area contributed by atoms with Gasteiger partial charge in [0.15, 0.2) is 0 Å². The Hall–Kier alpha value is -0.240. The maximum absolute atomic E-state index is 9.43. The third-order valence-corrected chi connectivity index (χ3v) is 2.46. The third kappa shape index (κ3) is 1.98. The van der Waals surface area contributed by atoms with Crippen molar-refractivity contribution in [1.82, 2.24) is 5.32 Å². The largest absolute Gasteiger partial charge is 0.389 e. The summed E-state index contributed by atoms with van der Waals surface area (Å²) >= 11 is 0. The van der Waals surface area contributed by atoms with E-state index in [1.54, 1.807) is 0 Å². The molecule has 1 rings (SSSR count). The maximum Gasteiger partial charge on any atom is 0.109 e. The van der Waals surface area contributed by atoms with E-state index in [9.17, 15) is 15.3 Å². The lowest BCUT2D eigenvalue weighted by atomic mass is 9.90. The summed E-state index contributed by atoms with van der Waals surface area (Å²) in [5, 5.41) is 31.1. The molecule has 6 nitrogen and oxygen atoms in total. The minimum atomic E-state index is -1.18. The lowest BCUT2D eigenvalue weighted by molar-refractivity contribution is -0.110. The zero-order chi connectivity index (χ0) is 10.0. The van der Waals surface area contributed by atoms with Gasteiger partial charge in [0, 0.05) is 25.2 Å². The van der Waals surface area contributed by atoms with Gasteiger partial charge >= 0.3 is 0 Å². The molecular formula is C7H17N3O3. The monoisotopic (exact) mass is 191 g/mol.